The van der Waals surface area contributed by atoms with E-state index in [0.29, 0.717) is 29.7 Å². The highest BCUT2D eigenvalue weighted by molar-refractivity contribution is 6.44. The maximum absolute atomic E-state index is 12.5. The number of rotatable bonds is 9. The number of methoxy groups -OCH3 is 1. The van der Waals surface area contributed by atoms with Crippen molar-refractivity contribution in [3.05, 3.63) is 71.0 Å². The second kappa shape index (κ2) is 11.1. The molecule has 9 heteroatoms. The maximum Gasteiger partial charge on any atom is 0.361 e. The third kappa shape index (κ3) is 5.80. The fourth-order valence-electron chi connectivity index (χ4n) is 3.18. The molecule has 0 atom stereocenters. The summed E-state index contributed by atoms with van der Waals surface area (Å²) in [7, 11) is 6.17. The Hall–Kier alpha value is -4.14. The largest absolute Gasteiger partial charge is 0.489 e. The van der Waals surface area contributed by atoms with Gasteiger partial charge in [-0.1, -0.05) is 35.5 Å². The molecule has 0 unspecified atom stereocenters. The number of hydrogen-bond acceptors (Lipinski definition) is 9. The Kier molecular flexibility index (Phi) is 8.02. The zero-order chi connectivity index (χ0) is 24.7. The highest BCUT2D eigenvalue weighted by Crippen LogP contribution is 2.32. The smallest absolute Gasteiger partial charge is 0.361 e. The van der Waals surface area contributed by atoms with Gasteiger partial charge in [-0.15, -0.1) is 0 Å². The summed E-state index contributed by atoms with van der Waals surface area (Å²) >= 11 is 0. The predicted molar refractivity (Wildman–Crippen MR) is 129 cm³/mol. The first kappa shape index (κ1) is 24.5. The molecule has 0 bridgehead atoms. The van der Waals surface area contributed by atoms with Crippen LogP contribution in [0.1, 0.15) is 22.5 Å². The summed E-state index contributed by atoms with van der Waals surface area (Å²) in [5.41, 5.74) is 2.38. The number of ether oxygens (including phenoxy) is 3. The topological polar surface area (TPSA) is 95.4 Å². The van der Waals surface area contributed by atoms with Crippen LogP contribution in [0.5, 0.6) is 17.4 Å². The minimum Gasteiger partial charge on any atom is -0.489 e. The normalized spacial score (nSPS) is 11.1. The minimum atomic E-state index is -0.711. The van der Waals surface area contributed by atoms with Crippen molar-refractivity contribution in [3.8, 4) is 17.4 Å². The van der Waals surface area contributed by atoms with Crippen LogP contribution in [-0.4, -0.2) is 50.0 Å². The quantitative estimate of drug-likeness (QED) is 0.266. The van der Waals surface area contributed by atoms with Crippen LogP contribution in [0.15, 0.2) is 53.7 Å². The van der Waals surface area contributed by atoms with Gasteiger partial charge in [0, 0.05) is 20.2 Å². The standard InChI is InChI=1S/C25H28N4O5/c1-16-10-7-8-11-18(16)15-33-19-12-9-13-20(14-19)34-24-21(22(28-32-6)25(30)31-5)23(29(3)4)26-17(2)27-24/h7-14H,15H2,1-6H3. The van der Waals surface area contributed by atoms with E-state index in [2.05, 4.69) is 15.1 Å². The van der Waals surface area contributed by atoms with E-state index in [1.165, 1.54) is 14.2 Å². The van der Waals surface area contributed by atoms with Gasteiger partial charge < -0.3 is 23.9 Å². The Balaban J connectivity index is 1.97. The van der Waals surface area contributed by atoms with Crippen molar-refractivity contribution in [1.82, 2.24) is 9.97 Å². The van der Waals surface area contributed by atoms with E-state index in [1.807, 2.05) is 43.3 Å². The molecule has 0 amide bonds. The van der Waals surface area contributed by atoms with E-state index >= 15 is 0 Å². The summed E-state index contributed by atoms with van der Waals surface area (Å²) in [5, 5.41) is 3.86. The van der Waals surface area contributed by atoms with E-state index in [9.17, 15) is 4.79 Å². The molecule has 0 aliphatic heterocycles. The highest BCUT2D eigenvalue weighted by atomic mass is 16.6. The van der Waals surface area contributed by atoms with Crippen LogP contribution in [0, 0.1) is 13.8 Å². The maximum atomic E-state index is 12.5. The summed E-state index contributed by atoms with van der Waals surface area (Å²) in [6, 6.07) is 15.2. The van der Waals surface area contributed by atoms with Crippen LogP contribution in [-0.2, 0) is 21.0 Å². The second-order valence-corrected chi connectivity index (χ2v) is 7.58. The molecule has 34 heavy (non-hydrogen) atoms. The van der Waals surface area contributed by atoms with Crippen LogP contribution in [0.3, 0.4) is 0 Å². The summed E-state index contributed by atoms with van der Waals surface area (Å²) in [6.07, 6.45) is 0. The number of benzene rings is 2. The van der Waals surface area contributed by atoms with Crippen molar-refractivity contribution < 1.29 is 23.8 Å². The molecule has 0 saturated heterocycles. The number of oxime groups is 1. The third-order valence-electron chi connectivity index (χ3n) is 4.87. The lowest BCUT2D eigenvalue weighted by Gasteiger charge is -2.19. The van der Waals surface area contributed by atoms with Crippen LogP contribution < -0.4 is 14.4 Å². The van der Waals surface area contributed by atoms with Crippen LogP contribution in [0.4, 0.5) is 5.82 Å². The van der Waals surface area contributed by atoms with Crippen LogP contribution >= 0.6 is 0 Å². The number of aryl methyl sites for hydroxylation is 2. The number of aromatic nitrogens is 2. The van der Waals surface area contributed by atoms with Crippen molar-refractivity contribution in [1.29, 1.82) is 0 Å². The molecule has 0 saturated carbocycles. The fraction of sp³-hybridized carbons (Fsp3) is 0.280. The van der Waals surface area contributed by atoms with Gasteiger partial charge in [0.2, 0.25) is 11.6 Å². The van der Waals surface area contributed by atoms with Gasteiger partial charge in [-0.05, 0) is 37.1 Å². The molecular weight excluding hydrogens is 436 g/mol. The van der Waals surface area contributed by atoms with E-state index in [-0.39, 0.29) is 17.2 Å². The Labute approximate surface area is 198 Å². The summed E-state index contributed by atoms with van der Waals surface area (Å²) in [6.45, 7) is 4.20. The Bertz CT molecular complexity index is 1190. The average molecular weight is 465 g/mol. The molecule has 178 valence electrons. The second-order valence-electron chi connectivity index (χ2n) is 7.58. The molecule has 0 spiro atoms. The molecule has 3 rings (SSSR count). The highest BCUT2D eigenvalue weighted by Gasteiger charge is 2.28. The molecule has 0 fully saturated rings. The van der Waals surface area contributed by atoms with Gasteiger partial charge in [-0.25, -0.2) is 9.78 Å². The van der Waals surface area contributed by atoms with E-state index in [4.69, 9.17) is 19.0 Å². The molecule has 1 heterocycles. The first-order valence-corrected chi connectivity index (χ1v) is 10.5. The lowest BCUT2D eigenvalue weighted by molar-refractivity contribution is -0.132. The van der Waals surface area contributed by atoms with Crippen LogP contribution in [0.25, 0.3) is 0 Å². The zero-order valence-corrected chi connectivity index (χ0v) is 20.2. The minimum absolute atomic E-state index is 0.115. The Morgan fingerprint density at radius 1 is 1.00 bits per heavy atom. The summed E-state index contributed by atoms with van der Waals surface area (Å²) < 4.78 is 17.0. The van der Waals surface area contributed by atoms with Crippen molar-refractivity contribution in [3.63, 3.8) is 0 Å². The molecule has 1 aromatic heterocycles. The Morgan fingerprint density at radius 3 is 2.41 bits per heavy atom. The van der Waals surface area contributed by atoms with Crippen molar-refractivity contribution in [2.24, 2.45) is 5.16 Å². The molecular formula is C25H28N4O5. The molecule has 3 aromatic rings. The SMILES string of the molecule is CON=C(C(=O)OC)c1c(Oc2cccc(OCc3ccccc3C)c2)nc(C)nc1N(C)C. The molecule has 9 nitrogen and oxygen atoms in total. The lowest BCUT2D eigenvalue weighted by atomic mass is 10.1. The number of carbonyl (C=O) groups excluding carboxylic acids is 1. The van der Waals surface area contributed by atoms with Gasteiger partial charge in [0.15, 0.2) is 0 Å². The molecule has 0 aliphatic rings. The van der Waals surface area contributed by atoms with Crippen molar-refractivity contribution in [2.75, 3.05) is 33.2 Å². The average Bonchev–Trinajstić information content (AvgIpc) is 2.82. The van der Waals surface area contributed by atoms with Crippen molar-refractivity contribution >= 4 is 17.5 Å². The number of anilines is 1. The number of esters is 1. The van der Waals surface area contributed by atoms with Crippen molar-refractivity contribution in [2.45, 2.75) is 20.5 Å². The van der Waals surface area contributed by atoms with E-state index in [0.717, 1.165) is 11.1 Å². The first-order chi connectivity index (χ1) is 16.3. The molecule has 0 N–H and O–H groups in total. The monoisotopic (exact) mass is 464 g/mol. The van der Waals surface area contributed by atoms with E-state index in [1.54, 1.807) is 38.1 Å². The number of nitrogens with zero attached hydrogens (tertiary/aromatic N) is 4. The van der Waals surface area contributed by atoms with Gasteiger partial charge in [0.25, 0.3) is 0 Å². The van der Waals surface area contributed by atoms with E-state index < -0.39 is 5.97 Å². The zero-order valence-electron chi connectivity index (χ0n) is 20.2. The molecule has 0 aliphatic carbocycles. The van der Waals surface area contributed by atoms with Crippen LogP contribution in [0.2, 0.25) is 0 Å². The number of carbonyl (C=O) groups is 1. The predicted octanol–water partition coefficient (Wildman–Crippen LogP) is 4.05. The summed E-state index contributed by atoms with van der Waals surface area (Å²) in [4.78, 5) is 28.0. The molecule has 0 radical (unpaired) electrons. The van der Waals surface area contributed by atoms with Gasteiger partial charge >= 0.3 is 5.97 Å². The lowest BCUT2D eigenvalue weighted by Crippen LogP contribution is -2.24. The fourth-order valence-corrected chi connectivity index (χ4v) is 3.18. The van der Waals surface area contributed by atoms with Gasteiger partial charge in [-0.2, -0.15) is 4.98 Å². The van der Waals surface area contributed by atoms with Gasteiger partial charge in [-0.3, -0.25) is 0 Å². The summed E-state index contributed by atoms with van der Waals surface area (Å²) in [5.74, 6) is 1.39. The third-order valence-corrected chi connectivity index (χ3v) is 4.87. The van der Waals surface area contributed by atoms with Gasteiger partial charge in [0.05, 0.1) is 7.11 Å². The first-order valence-electron chi connectivity index (χ1n) is 10.5. The van der Waals surface area contributed by atoms with Gasteiger partial charge in [0.1, 0.15) is 42.4 Å². The Morgan fingerprint density at radius 2 is 1.74 bits per heavy atom. The number of hydrogen-bond donors (Lipinski definition) is 0. The molecule has 2 aromatic carbocycles.